The van der Waals surface area contributed by atoms with Crippen molar-refractivity contribution in [3.63, 3.8) is 0 Å². The van der Waals surface area contributed by atoms with Crippen LogP contribution in [0.1, 0.15) is 26.7 Å². The predicted molar refractivity (Wildman–Crippen MR) is 72.9 cm³/mol. The average Bonchev–Trinajstić information content (AvgIpc) is 2.13. The normalized spacial score (nSPS) is 12.0. The van der Waals surface area contributed by atoms with Gasteiger partial charge in [-0.2, -0.15) is 0 Å². The Kier molecular flexibility index (Phi) is 9.87. The molecule has 0 aromatic carbocycles. The molecule has 0 aliphatic rings. The number of unbranched alkanes of at least 4 members (excludes halogenated alkanes) is 1. The van der Waals surface area contributed by atoms with Crippen molar-refractivity contribution in [3.8, 4) is 0 Å². The number of hydrogen-bond donors (Lipinski definition) is 0. The third-order valence-electron chi connectivity index (χ3n) is 2.34. The van der Waals surface area contributed by atoms with Gasteiger partial charge in [0.15, 0.2) is 0 Å². The largest absolute Gasteiger partial charge is 0.308 e. The van der Waals surface area contributed by atoms with E-state index >= 15 is 0 Å². The maximum Gasteiger partial charge on any atom is 0.0109 e. The standard InChI is InChI=1S/C12H27BrN2/c1-12(2)11-15(8-6-5-7-13)10-9-14(3)4/h12H,5-11H2,1-4H3. The minimum Gasteiger partial charge on any atom is -0.308 e. The lowest BCUT2D eigenvalue weighted by Crippen LogP contribution is -2.35. The molecule has 0 saturated heterocycles. The van der Waals surface area contributed by atoms with Gasteiger partial charge in [0, 0.05) is 25.0 Å². The van der Waals surface area contributed by atoms with Gasteiger partial charge in [-0.3, -0.25) is 0 Å². The van der Waals surface area contributed by atoms with Crippen molar-refractivity contribution < 1.29 is 0 Å². The molecule has 0 unspecified atom stereocenters. The van der Waals surface area contributed by atoms with Crippen LogP contribution < -0.4 is 0 Å². The number of likely N-dealkylation sites (N-methyl/N-ethyl adjacent to an activating group) is 1. The lowest BCUT2D eigenvalue weighted by molar-refractivity contribution is 0.216. The van der Waals surface area contributed by atoms with Crippen molar-refractivity contribution in [3.05, 3.63) is 0 Å². The number of alkyl halides is 1. The van der Waals surface area contributed by atoms with Gasteiger partial charge in [0.05, 0.1) is 0 Å². The van der Waals surface area contributed by atoms with Gasteiger partial charge in [-0.05, 0) is 39.4 Å². The van der Waals surface area contributed by atoms with Gasteiger partial charge >= 0.3 is 0 Å². The predicted octanol–water partition coefficient (Wildman–Crippen LogP) is 2.68. The van der Waals surface area contributed by atoms with E-state index in [0.717, 1.165) is 11.2 Å². The summed E-state index contributed by atoms with van der Waals surface area (Å²) in [5.74, 6) is 0.774. The summed E-state index contributed by atoms with van der Waals surface area (Å²) in [4.78, 5) is 4.85. The molecule has 0 spiro atoms. The first-order valence-electron chi connectivity index (χ1n) is 5.99. The first-order chi connectivity index (χ1) is 7.06. The lowest BCUT2D eigenvalue weighted by atomic mass is 10.2. The topological polar surface area (TPSA) is 6.48 Å². The van der Waals surface area contributed by atoms with Crippen LogP contribution in [-0.2, 0) is 0 Å². The van der Waals surface area contributed by atoms with Crippen LogP contribution in [0.3, 0.4) is 0 Å². The van der Waals surface area contributed by atoms with Gasteiger partial charge in [-0.25, -0.2) is 0 Å². The Hall–Kier alpha value is 0.400. The maximum absolute atomic E-state index is 3.49. The molecule has 0 fully saturated rings. The van der Waals surface area contributed by atoms with E-state index in [1.165, 1.54) is 39.0 Å². The van der Waals surface area contributed by atoms with Crippen molar-refractivity contribution in [2.45, 2.75) is 26.7 Å². The molecule has 0 atom stereocenters. The molecule has 0 aliphatic heterocycles. The fourth-order valence-corrected chi connectivity index (χ4v) is 1.98. The molecule has 2 nitrogen and oxygen atoms in total. The van der Waals surface area contributed by atoms with Crippen molar-refractivity contribution >= 4 is 15.9 Å². The minimum absolute atomic E-state index is 0.774. The quantitative estimate of drug-likeness (QED) is 0.473. The molecule has 92 valence electrons. The Balaban J connectivity index is 3.73. The third kappa shape index (κ3) is 10.7. The van der Waals surface area contributed by atoms with Crippen molar-refractivity contribution in [2.75, 3.05) is 45.6 Å². The number of hydrogen-bond acceptors (Lipinski definition) is 2. The van der Waals surface area contributed by atoms with Gasteiger partial charge in [0.1, 0.15) is 0 Å². The van der Waals surface area contributed by atoms with Crippen LogP contribution in [-0.4, -0.2) is 55.4 Å². The third-order valence-corrected chi connectivity index (χ3v) is 2.91. The van der Waals surface area contributed by atoms with Gasteiger partial charge < -0.3 is 9.80 Å². The number of halogens is 1. The molecule has 15 heavy (non-hydrogen) atoms. The zero-order chi connectivity index (χ0) is 11.7. The molecular weight excluding hydrogens is 252 g/mol. The molecular formula is C12H27BrN2. The van der Waals surface area contributed by atoms with E-state index in [0.29, 0.717) is 0 Å². The van der Waals surface area contributed by atoms with Crippen LogP contribution in [0.25, 0.3) is 0 Å². The van der Waals surface area contributed by atoms with E-state index in [1.54, 1.807) is 0 Å². The van der Waals surface area contributed by atoms with Crippen molar-refractivity contribution in [2.24, 2.45) is 5.92 Å². The van der Waals surface area contributed by atoms with Crippen molar-refractivity contribution in [1.82, 2.24) is 9.80 Å². The first-order valence-corrected chi connectivity index (χ1v) is 7.11. The van der Waals surface area contributed by atoms with Crippen LogP contribution in [0.2, 0.25) is 0 Å². The smallest absolute Gasteiger partial charge is 0.0109 e. The van der Waals surface area contributed by atoms with E-state index in [9.17, 15) is 0 Å². The highest BCUT2D eigenvalue weighted by molar-refractivity contribution is 9.09. The summed E-state index contributed by atoms with van der Waals surface area (Å²) >= 11 is 3.49. The van der Waals surface area contributed by atoms with Crippen LogP contribution in [0.15, 0.2) is 0 Å². The SMILES string of the molecule is CC(C)CN(CCCCBr)CCN(C)C. The second kappa shape index (κ2) is 9.61. The summed E-state index contributed by atoms with van der Waals surface area (Å²) in [6.45, 7) is 9.45. The van der Waals surface area contributed by atoms with E-state index in [4.69, 9.17) is 0 Å². The first kappa shape index (κ1) is 15.4. The molecule has 3 heteroatoms. The molecule has 0 aromatic rings. The zero-order valence-electron chi connectivity index (χ0n) is 10.8. The van der Waals surface area contributed by atoms with Crippen molar-refractivity contribution in [1.29, 1.82) is 0 Å². The number of rotatable bonds is 9. The molecule has 0 aromatic heterocycles. The van der Waals surface area contributed by atoms with Gasteiger partial charge in [0.25, 0.3) is 0 Å². The summed E-state index contributed by atoms with van der Waals surface area (Å²) in [7, 11) is 4.29. The molecule has 0 N–H and O–H groups in total. The molecule has 0 aliphatic carbocycles. The molecule has 0 bridgehead atoms. The zero-order valence-corrected chi connectivity index (χ0v) is 12.4. The fraction of sp³-hybridized carbons (Fsp3) is 1.00. The summed E-state index contributed by atoms with van der Waals surface area (Å²) in [5.41, 5.74) is 0. The molecule has 0 radical (unpaired) electrons. The Bertz CT molecular complexity index is 138. The highest BCUT2D eigenvalue weighted by atomic mass is 79.9. The number of nitrogens with zero attached hydrogens (tertiary/aromatic N) is 2. The monoisotopic (exact) mass is 278 g/mol. The lowest BCUT2D eigenvalue weighted by Gasteiger charge is -2.25. The Morgan fingerprint density at radius 2 is 1.67 bits per heavy atom. The highest BCUT2D eigenvalue weighted by Crippen LogP contribution is 2.02. The van der Waals surface area contributed by atoms with E-state index < -0.39 is 0 Å². The average molecular weight is 279 g/mol. The molecule has 0 heterocycles. The fourth-order valence-electron chi connectivity index (χ4n) is 1.58. The minimum atomic E-state index is 0.774. The maximum atomic E-state index is 3.49. The van der Waals surface area contributed by atoms with Crippen LogP contribution >= 0.6 is 15.9 Å². The summed E-state index contributed by atoms with van der Waals surface area (Å²) in [6, 6.07) is 0. The summed E-state index contributed by atoms with van der Waals surface area (Å²) in [5, 5.41) is 1.14. The van der Waals surface area contributed by atoms with E-state index in [2.05, 4.69) is 53.7 Å². The van der Waals surface area contributed by atoms with Gasteiger partial charge in [-0.1, -0.05) is 29.8 Å². The second-order valence-corrected chi connectivity index (χ2v) is 5.69. The Morgan fingerprint density at radius 3 is 2.13 bits per heavy atom. The van der Waals surface area contributed by atoms with Crippen LogP contribution in [0.4, 0.5) is 0 Å². The van der Waals surface area contributed by atoms with E-state index in [-0.39, 0.29) is 0 Å². The summed E-state index contributed by atoms with van der Waals surface area (Å²) in [6.07, 6.45) is 2.60. The van der Waals surface area contributed by atoms with E-state index in [1.807, 2.05) is 0 Å². The molecule has 0 saturated carbocycles. The van der Waals surface area contributed by atoms with Gasteiger partial charge in [0.2, 0.25) is 0 Å². The Labute approximate surface area is 104 Å². The summed E-state index contributed by atoms with van der Waals surface area (Å²) < 4.78 is 0. The molecule has 0 rings (SSSR count). The molecule has 0 amide bonds. The highest BCUT2D eigenvalue weighted by Gasteiger charge is 2.06. The van der Waals surface area contributed by atoms with Crippen LogP contribution in [0.5, 0.6) is 0 Å². The van der Waals surface area contributed by atoms with Crippen LogP contribution in [0, 0.1) is 5.92 Å². The van der Waals surface area contributed by atoms with Gasteiger partial charge in [-0.15, -0.1) is 0 Å². The Morgan fingerprint density at radius 1 is 1.00 bits per heavy atom. The second-order valence-electron chi connectivity index (χ2n) is 4.89.